The van der Waals surface area contributed by atoms with Crippen LogP contribution in [-0.4, -0.2) is 44.0 Å². The number of urea groups is 1. The third-order valence-electron chi connectivity index (χ3n) is 4.11. The van der Waals surface area contributed by atoms with Crippen LogP contribution in [0.15, 0.2) is 12.1 Å². The number of rotatable bonds is 7. The molecule has 0 aliphatic heterocycles. The van der Waals surface area contributed by atoms with Gasteiger partial charge in [0.05, 0.1) is 7.05 Å². The van der Waals surface area contributed by atoms with Crippen LogP contribution in [0, 0.1) is 20.8 Å². The first-order valence-corrected chi connectivity index (χ1v) is 8.91. The number of nitrogens with one attached hydrogen (secondary N) is 4. The van der Waals surface area contributed by atoms with Gasteiger partial charge in [-0.05, 0) is 45.2 Å². The van der Waals surface area contributed by atoms with E-state index in [1.165, 1.54) is 0 Å². The van der Waals surface area contributed by atoms with Gasteiger partial charge in [0.25, 0.3) is 11.8 Å². The van der Waals surface area contributed by atoms with E-state index in [2.05, 4.69) is 16.0 Å². The van der Waals surface area contributed by atoms with Crippen molar-refractivity contribution >= 4 is 23.5 Å². The molecule has 7 nitrogen and oxygen atoms in total. The fraction of sp³-hybridized carbons (Fsp3) is 0.526. The average Bonchev–Trinajstić information content (AvgIpc) is 2.49. The van der Waals surface area contributed by atoms with Gasteiger partial charge in [0.2, 0.25) is 0 Å². The van der Waals surface area contributed by atoms with Crippen molar-refractivity contribution in [3.63, 3.8) is 0 Å². The Morgan fingerprint density at radius 2 is 1.58 bits per heavy atom. The number of quaternary nitrogens is 1. The number of hydrogen-bond donors (Lipinski definition) is 4. The molecule has 1 aromatic carbocycles. The van der Waals surface area contributed by atoms with Gasteiger partial charge in [-0.2, -0.15) is 0 Å². The second kappa shape index (κ2) is 9.91. The van der Waals surface area contributed by atoms with Crippen molar-refractivity contribution in [2.75, 3.05) is 25.5 Å². The summed E-state index contributed by atoms with van der Waals surface area (Å²) < 4.78 is 0. The largest absolute Gasteiger partial charge is 0.335 e. The molecule has 0 radical (unpaired) electrons. The molecule has 4 amide bonds. The molecule has 0 aliphatic carbocycles. The third-order valence-corrected chi connectivity index (χ3v) is 4.11. The Hall–Kier alpha value is -2.41. The molecule has 0 saturated carbocycles. The van der Waals surface area contributed by atoms with Gasteiger partial charge in [0, 0.05) is 11.7 Å². The minimum Gasteiger partial charge on any atom is -0.335 e. The van der Waals surface area contributed by atoms with Crippen LogP contribution in [0.2, 0.25) is 0 Å². The zero-order valence-electron chi connectivity index (χ0n) is 16.6. The van der Waals surface area contributed by atoms with Crippen molar-refractivity contribution in [1.29, 1.82) is 0 Å². The number of hydrogen-bond acceptors (Lipinski definition) is 3. The number of carbonyl (C=O) groups excluding carboxylic acids is 3. The first-order valence-electron chi connectivity index (χ1n) is 8.91. The highest BCUT2D eigenvalue weighted by Gasteiger charge is 2.17. The lowest BCUT2D eigenvalue weighted by atomic mass is 10.1. The van der Waals surface area contributed by atoms with E-state index in [0.717, 1.165) is 28.8 Å². The fourth-order valence-corrected chi connectivity index (χ4v) is 2.70. The van der Waals surface area contributed by atoms with E-state index in [1.54, 1.807) is 7.05 Å². The summed E-state index contributed by atoms with van der Waals surface area (Å²) in [7, 11) is 1.74. The minimum absolute atomic E-state index is 0.000331. The molecule has 0 fully saturated rings. The highest BCUT2D eigenvalue weighted by molar-refractivity contribution is 5.95. The summed E-state index contributed by atoms with van der Waals surface area (Å²) in [5.41, 5.74) is 3.97. The standard InChI is InChI=1S/C19H30N4O3/c1-7-15(5)20-19(26)22-17(25)11-23(6)10-16(24)21-18-13(3)8-12(2)9-14(18)4/h8-9,15H,7,10-11H2,1-6H3,(H,21,24)(H2,20,22,25,26)/p+1/t15-/m1/s1. The number of amides is 4. The lowest BCUT2D eigenvalue weighted by molar-refractivity contribution is -0.862. The molecule has 144 valence electrons. The highest BCUT2D eigenvalue weighted by Crippen LogP contribution is 2.21. The molecule has 0 heterocycles. The first-order chi connectivity index (χ1) is 12.1. The first kappa shape index (κ1) is 21.6. The maximum Gasteiger partial charge on any atom is 0.321 e. The normalized spacial score (nSPS) is 12.8. The molecule has 0 bridgehead atoms. The van der Waals surface area contributed by atoms with Crippen molar-refractivity contribution in [2.24, 2.45) is 0 Å². The lowest BCUT2D eigenvalue weighted by Gasteiger charge is -2.16. The molecular formula is C19H31N4O3+. The van der Waals surface area contributed by atoms with Crippen molar-refractivity contribution in [3.8, 4) is 0 Å². The van der Waals surface area contributed by atoms with Gasteiger partial charge in [0.1, 0.15) is 0 Å². The van der Waals surface area contributed by atoms with Gasteiger partial charge in [-0.25, -0.2) is 4.79 Å². The van der Waals surface area contributed by atoms with Gasteiger partial charge in [-0.3, -0.25) is 14.9 Å². The Labute approximate surface area is 155 Å². The molecule has 0 spiro atoms. The van der Waals surface area contributed by atoms with Crippen LogP contribution in [0.4, 0.5) is 10.5 Å². The second-order valence-corrected chi connectivity index (χ2v) is 6.96. The molecule has 0 saturated heterocycles. The topological polar surface area (TPSA) is 91.7 Å². The van der Waals surface area contributed by atoms with Crippen LogP contribution in [0.25, 0.3) is 0 Å². The van der Waals surface area contributed by atoms with Crippen LogP contribution in [0.3, 0.4) is 0 Å². The van der Waals surface area contributed by atoms with Gasteiger partial charge >= 0.3 is 6.03 Å². The summed E-state index contributed by atoms with van der Waals surface area (Å²) >= 11 is 0. The molecule has 1 rings (SSSR count). The second-order valence-electron chi connectivity index (χ2n) is 6.96. The number of likely N-dealkylation sites (N-methyl/N-ethyl adjacent to an activating group) is 1. The fourth-order valence-electron chi connectivity index (χ4n) is 2.70. The van der Waals surface area contributed by atoms with Crippen LogP contribution in [0.5, 0.6) is 0 Å². The summed E-state index contributed by atoms with van der Waals surface area (Å²) in [4.78, 5) is 36.5. The molecule has 4 N–H and O–H groups in total. The zero-order valence-corrected chi connectivity index (χ0v) is 16.6. The molecular weight excluding hydrogens is 332 g/mol. The van der Waals surface area contributed by atoms with E-state index in [1.807, 2.05) is 46.8 Å². The Morgan fingerprint density at radius 1 is 1.04 bits per heavy atom. The quantitative estimate of drug-likeness (QED) is 0.574. The maximum atomic E-state index is 12.3. The summed E-state index contributed by atoms with van der Waals surface area (Å²) in [6.07, 6.45) is 0.783. The van der Waals surface area contributed by atoms with Crippen molar-refractivity contribution < 1.29 is 19.3 Å². The zero-order chi connectivity index (χ0) is 19.9. The van der Waals surface area contributed by atoms with E-state index >= 15 is 0 Å². The van der Waals surface area contributed by atoms with Gasteiger partial charge < -0.3 is 15.5 Å². The summed E-state index contributed by atoms with van der Waals surface area (Å²) in [5.74, 6) is -0.590. The van der Waals surface area contributed by atoms with Gasteiger partial charge in [0.15, 0.2) is 13.1 Å². The van der Waals surface area contributed by atoms with Crippen LogP contribution < -0.4 is 20.9 Å². The number of carbonyl (C=O) groups is 3. The highest BCUT2D eigenvalue weighted by atomic mass is 16.2. The molecule has 26 heavy (non-hydrogen) atoms. The van der Waals surface area contributed by atoms with E-state index in [4.69, 9.17) is 0 Å². The molecule has 7 heteroatoms. The van der Waals surface area contributed by atoms with Crippen molar-refractivity contribution in [2.45, 2.75) is 47.1 Å². The molecule has 1 aromatic rings. The van der Waals surface area contributed by atoms with E-state index in [0.29, 0.717) is 4.90 Å². The predicted octanol–water partition coefficient (Wildman–Crippen LogP) is 0.689. The maximum absolute atomic E-state index is 12.3. The van der Waals surface area contributed by atoms with Gasteiger partial charge in [-0.1, -0.05) is 24.6 Å². The van der Waals surface area contributed by atoms with E-state index in [-0.39, 0.29) is 25.0 Å². The summed E-state index contributed by atoms with van der Waals surface area (Å²) in [6, 6.07) is 3.53. The van der Waals surface area contributed by atoms with Gasteiger partial charge in [-0.15, -0.1) is 0 Å². The summed E-state index contributed by atoms with van der Waals surface area (Å²) in [6.45, 7) is 9.90. The molecule has 1 unspecified atom stereocenters. The van der Waals surface area contributed by atoms with E-state index in [9.17, 15) is 14.4 Å². The van der Waals surface area contributed by atoms with Crippen molar-refractivity contribution in [1.82, 2.24) is 10.6 Å². The van der Waals surface area contributed by atoms with Crippen LogP contribution in [0.1, 0.15) is 37.0 Å². The molecule has 0 aliphatic rings. The van der Waals surface area contributed by atoms with E-state index < -0.39 is 11.9 Å². The number of imide groups is 1. The predicted molar refractivity (Wildman–Crippen MR) is 102 cm³/mol. The Balaban J connectivity index is 2.50. The number of anilines is 1. The average molecular weight is 363 g/mol. The summed E-state index contributed by atoms with van der Waals surface area (Å²) in [5, 5.41) is 7.86. The SMILES string of the molecule is CC[C@@H](C)NC(=O)NC(=O)C[NH+](C)CC(=O)Nc1c(C)cc(C)cc1C. The lowest BCUT2D eigenvalue weighted by Crippen LogP contribution is -3.11. The monoisotopic (exact) mass is 363 g/mol. The van der Waals surface area contributed by atoms with Crippen LogP contribution >= 0.6 is 0 Å². The Kier molecular flexibility index (Phi) is 8.25. The number of benzene rings is 1. The number of aryl methyl sites for hydroxylation is 3. The smallest absolute Gasteiger partial charge is 0.321 e. The molecule has 2 atom stereocenters. The minimum atomic E-state index is -0.507. The Morgan fingerprint density at radius 3 is 2.12 bits per heavy atom. The van der Waals surface area contributed by atoms with Crippen LogP contribution in [-0.2, 0) is 9.59 Å². The van der Waals surface area contributed by atoms with Crippen molar-refractivity contribution in [3.05, 3.63) is 28.8 Å². The third kappa shape index (κ3) is 7.23. The molecule has 0 aromatic heterocycles. The Bertz CT molecular complexity index is 650.